The van der Waals surface area contributed by atoms with Gasteiger partial charge in [0.1, 0.15) is 5.82 Å². The monoisotopic (exact) mass is 340 g/mol. The van der Waals surface area contributed by atoms with Crippen LogP contribution in [0.2, 0.25) is 0 Å². The van der Waals surface area contributed by atoms with Crippen LogP contribution in [0.5, 0.6) is 0 Å². The number of carbonyl (C=O) groups is 1. The Kier molecular flexibility index (Phi) is 5.49. The third-order valence-corrected chi connectivity index (χ3v) is 4.63. The van der Waals surface area contributed by atoms with E-state index in [-0.39, 0.29) is 11.7 Å². The zero-order valence-corrected chi connectivity index (χ0v) is 15.0. The summed E-state index contributed by atoms with van der Waals surface area (Å²) < 4.78 is 13.4. The predicted molar refractivity (Wildman–Crippen MR) is 98.1 cm³/mol. The SMILES string of the molecule is Cc1cc(C)cc(CN2CCCN(C(=O)c3cccc(F)c3)CC2)c1. The van der Waals surface area contributed by atoms with Crippen molar-refractivity contribution in [2.45, 2.75) is 26.8 Å². The van der Waals surface area contributed by atoms with Crippen molar-refractivity contribution in [2.24, 2.45) is 0 Å². The number of benzene rings is 2. The van der Waals surface area contributed by atoms with Gasteiger partial charge >= 0.3 is 0 Å². The smallest absolute Gasteiger partial charge is 0.254 e. The largest absolute Gasteiger partial charge is 0.337 e. The second-order valence-corrected chi connectivity index (χ2v) is 6.93. The first-order chi connectivity index (χ1) is 12.0. The van der Waals surface area contributed by atoms with Crippen molar-refractivity contribution in [3.8, 4) is 0 Å². The summed E-state index contributed by atoms with van der Waals surface area (Å²) in [5, 5.41) is 0. The minimum Gasteiger partial charge on any atom is -0.337 e. The van der Waals surface area contributed by atoms with Crippen molar-refractivity contribution in [3.05, 3.63) is 70.5 Å². The van der Waals surface area contributed by atoms with Gasteiger partial charge in [-0.1, -0.05) is 35.4 Å². The molecule has 2 aromatic carbocycles. The van der Waals surface area contributed by atoms with Crippen LogP contribution in [0.4, 0.5) is 4.39 Å². The van der Waals surface area contributed by atoms with Crippen LogP contribution in [0.3, 0.4) is 0 Å². The topological polar surface area (TPSA) is 23.6 Å². The van der Waals surface area contributed by atoms with Gasteiger partial charge in [-0.05, 0) is 44.0 Å². The van der Waals surface area contributed by atoms with E-state index in [0.29, 0.717) is 12.1 Å². The highest BCUT2D eigenvalue weighted by molar-refractivity contribution is 5.94. The Morgan fingerprint density at radius 1 is 1.00 bits per heavy atom. The van der Waals surface area contributed by atoms with E-state index in [1.807, 2.05) is 4.90 Å². The van der Waals surface area contributed by atoms with Crippen LogP contribution in [-0.4, -0.2) is 41.9 Å². The summed E-state index contributed by atoms with van der Waals surface area (Å²) in [5.74, 6) is -0.440. The molecule has 0 aliphatic carbocycles. The number of aryl methyl sites for hydroxylation is 2. The minimum atomic E-state index is -0.364. The zero-order valence-electron chi connectivity index (χ0n) is 15.0. The van der Waals surface area contributed by atoms with Gasteiger partial charge in [-0.25, -0.2) is 4.39 Å². The summed E-state index contributed by atoms with van der Waals surface area (Å²) in [6, 6.07) is 12.6. The summed E-state index contributed by atoms with van der Waals surface area (Å²) in [6.45, 7) is 8.37. The van der Waals surface area contributed by atoms with Crippen LogP contribution in [-0.2, 0) is 6.54 Å². The van der Waals surface area contributed by atoms with Crippen molar-refractivity contribution in [2.75, 3.05) is 26.2 Å². The Labute approximate surface area is 149 Å². The average molecular weight is 340 g/mol. The number of carbonyl (C=O) groups excluding carboxylic acids is 1. The highest BCUT2D eigenvalue weighted by Gasteiger charge is 2.20. The molecule has 1 saturated heterocycles. The molecule has 2 aromatic rings. The number of rotatable bonds is 3. The molecule has 0 atom stereocenters. The van der Waals surface area contributed by atoms with Crippen molar-refractivity contribution in [3.63, 3.8) is 0 Å². The van der Waals surface area contributed by atoms with E-state index in [1.54, 1.807) is 12.1 Å². The van der Waals surface area contributed by atoms with E-state index in [0.717, 1.165) is 32.6 Å². The molecule has 132 valence electrons. The van der Waals surface area contributed by atoms with Crippen LogP contribution in [0, 0.1) is 19.7 Å². The van der Waals surface area contributed by atoms with E-state index in [1.165, 1.54) is 28.8 Å². The van der Waals surface area contributed by atoms with E-state index in [9.17, 15) is 9.18 Å². The van der Waals surface area contributed by atoms with Crippen molar-refractivity contribution in [1.82, 2.24) is 9.80 Å². The van der Waals surface area contributed by atoms with Crippen molar-refractivity contribution >= 4 is 5.91 Å². The second kappa shape index (κ2) is 7.79. The lowest BCUT2D eigenvalue weighted by Gasteiger charge is -2.22. The quantitative estimate of drug-likeness (QED) is 0.849. The highest BCUT2D eigenvalue weighted by atomic mass is 19.1. The molecule has 0 bridgehead atoms. The van der Waals surface area contributed by atoms with Crippen molar-refractivity contribution in [1.29, 1.82) is 0 Å². The van der Waals surface area contributed by atoms with Crippen molar-refractivity contribution < 1.29 is 9.18 Å². The average Bonchev–Trinajstić information content (AvgIpc) is 2.79. The lowest BCUT2D eigenvalue weighted by atomic mass is 10.1. The maximum absolute atomic E-state index is 13.4. The van der Waals surface area contributed by atoms with Crippen LogP contribution in [0.1, 0.15) is 33.5 Å². The third kappa shape index (κ3) is 4.67. The Bertz CT molecular complexity index is 739. The minimum absolute atomic E-state index is 0.0762. The van der Waals surface area contributed by atoms with Gasteiger partial charge in [0.15, 0.2) is 0 Å². The molecule has 1 heterocycles. The van der Waals surface area contributed by atoms with E-state index < -0.39 is 0 Å². The molecule has 0 N–H and O–H groups in total. The van der Waals surface area contributed by atoms with Gasteiger partial charge < -0.3 is 4.90 Å². The molecule has 0 aromatic heterocycles. The molecule has 25 heavy (non-hydrogen) atoms. The molecular weight excluding hydrogens is 315 g/mol. The molecule has 0 saturated carbocycles. The Hall–Kier alpha value is -2.20. The molecule has 0 unspecified atom stereocenters. The van der Waals surface area contributed by atoms with Gasteiger partial charge in [0.2, 0.25) is 0 Å². The van der Waals surface area contributed by atoms with Crippen LogP contribution in [0.15, 0.2) is 42.5 Å². The molecule has 3 rings (SSSR count). The van der Waals surface area contributed by atoms with Crippen LogP contribution >= 0.6 is 0 Å². The summed E-state index contributed by atoms with van der Waals surface area (Å²) in [7, 11) is 0. The molecule has 4 heteroatoms. The molecule has 1 fully saturated rings. The molecule has 1 amide bonds. The first-order valence-corrected chi connectivity index (χ1v) is 8.85. The lowest BCUT2D eigenvalue weighted by Crippen LogP contribution is -2.35. The molecule has 0 radical (unpaired) electrons. The van der Waals surface area contributed by atoms with Crippen LogP contribution < -0.4 is 0 Å². The summed E-state index contributed by atoms with van der Waals surface area (Å²) >= 11 is 0. The molecule has 0 spiro atoms. The number of hydrogen-bond acceptors (Lipinski definition) is 2. The zero-order chi connectivity index (χ0) is 17.8. The Morgan fingerprint density at radius 2 is 1.76 bits per heavy atom. The fourth-order valence-corrected chi connectivity index (χ4v) is 3.55. The normalized spacial score (nSPS) is 15.9. The second-order valence-electron chi connectivity index (χ2n) is 6.93. The summed E-state index contributed by atoms with van der Waals surface area (Å²) in [4.78, 5) is 16.8. The van der Waals surface area contributed by atoms with Gasteiger partial charge in [0.25, 0.3) is 5.91 Å². The van der Waals surface area contributed by atoms with E-state index in [2.05, 4.69) is 36.9 Å². The third-order valence-electron chi connectivity index (χ3n) is 4.63. The van der Waals surface area contributed by atoms with Gasteiger partial charge in [-0.15, -0.1) is 0 Å². The standard InChI is InChI=1S/C21H25FN2O/c1-16-11-17(2)13-18(12-16)15-23-7-4-8-24(10-9-23)21(25)19-5-3-6-20(22)14-19/h3,5-6,11-14H,4,7-10,15H2,1-2H3. The molecular formula is C21H25FN2O. The maximum Gasteiger partial charge on any atom is 0.254 e. The number of hydrogen-bond donors (Lipinski definition) is 0. The summed E-state index contributed by atoms with van der Waals surface area (Å²) in [5.41, 5.74) is 4.32. The predicted octanol–water partition coefficient (Wildman–Crippen LogP) is 3.79. The van der Waals surface area contributed by atoms with Gasteiger partial charge in [0.05, 0.1) is 0 Å². The summed E-state index contributed by atoms with van der Waals surface area (Å²) in [6.07, 6.45) is 0.936. The molecule has 1 aliphatic rings. The number of halogens is 1. The molecule has 1 aliphatic heterocycles. The fraction of sp³-hybridized carbons (Fsp3) is 0.381. The lowest BCUT2D eigenvalue weighted by molar-refractivity contribution is 0.0760. The number of amides is 1. The van der Waals surface area contributed by atoms with E-state index in [4.69, 9.17) is 0 Å². The maximum atomic E-state index is 13.4. The van der Waals surface area contributed by atoms with Gasteiger partial charge in [-0.2, -0.15) is 0 Å². The van der Waals surface area contributed by atoms with E-state index >= 15 is 0 Å². The van der Waals surface area contributed by atoms with Crippen LogP contribution in [0.25, 0.3) is 0 Å². The van der Waals surface area contributed by atoms with Gasteiger partial charge in [-0.3, -0.25) is 9.69 Å². The highest BCUT2D eigenvalue weighted by Crippen LogP contribution is 2.15. The first kappa shape index (κ1) is 17.6. The molecule has 3 nitrogen and oxygen atoms in total. The van der Waals surface area contributed by atoms with Gasteiger partial charge in [0, 0.05) is 38.3 Å². The Morgan fingerprint density at radius 3 is 2.48 bits per heavy atom. The Balaban J connectivity index is 1.63. The first-order valence-electron chi connectivity index (χ1n) is 8.85. The fourth-order valence-electron chi connectivity index (χ4n) is 3.55. The number of nitrogens with zero attached hydrogens (tertiary/aromatic N) is 2.